The molecule has 1 aromatic carbocycles. The molecule has 0 radical (unpaired) electrons. The summed E-state index contributed by atoms with van der Waals surface area (Å²) in [7, 11) is 0. The SMILES string of the molecule is CCOc1cc(N2CCCC(OCC)C2)ccc1N. The van der Waals surface area contributed by atoms with Crippen molar-refractivity contribution in [2.24, 2.45) is 0 Å². The van der Waals surface area contributed by atoms with Gasteiger partial charge in [-0.3, -0.25) is 0 Å². The van der Waals surface area contributed by atoms with Gasteiger partial charge in [0, 0.05) is 31.5 Å². The molecule has 0 saturated carbocycles. The van der Waals surface area contributed by atoms with Crippen LogP contribution in [0.25, 0.3) is 0 Å². The first-order chi connectivity index (χ1) is 9.24. The normalized spacial score (nSPS) is 19.5. The predicted octanol–water partition coefficient (Wildman–Crippen LogP) is 2.67. The van der Waals surface area contributed by atoms with Gasteiger partial charge in [-0.25, -0.2) is 0 Å². The highest BCUT2D eigenvalue weighted by Crippen LogP contribution is 2.29. The minimum Gasteiger partial charge on any atom is -0.492 e. The van der Waals surface area contributed by atoms with Gasteiger partial charge in [-0.15, -0.1) is 0 Å². The summed E-state index contributed by atoms with van der Waals surface area (Å²) in [4.78, 5) is 2.35. The Kier molecular flexibility index (Phi) is 4.91. The van der Waals surface area contributed by atoms with Crippen LogP contribution in [0.5, 0.6) is 5.75 Å². The monoisotopic (exact) mass is 264 g/mol. The quantitative estimate of drug-likeness (QED) is 0.831. The van der Waals surface area contributed by atoms with Gasteiger partial charge in [0.15, 0.2) is 0 Å². The van der Waals surface area contributed by atoms with Gasteiger partial charge in [-0.05, 0) is 38.8 Å². The molecule has 1 saturated heterocycles. The molecule has 0 amide bonds. The summed E-state index contributed by atoms with van der Waals surface area (Å²) in [6.07, 6.45) is 2.66. The van der Waals surface area contributed by atoms with Gasteiger partial charge in [0.25, 0.3) is 0 Å². The van der Waals surface area contributed by atoms with Crippen LogP contribution in [-0.4, -0.2) is 32.4 Å². The van der Waals surface area contributed by atoms with Crippen molar-refractivity contribution in [2.45, 2.75) is 32.8 Å². The lowest BCUT2D eigenvalue weighted by Crippen LogP contribution is -2.39. The maximum absolute atomic E-state index is 5.91. The predicted molar refractivity (Wildman–Crippen MR) is 78.9 cm³/mol. The van der Waals surface area contributed by atoms with Gasteiger partial charge in [-0.2, -0.15) is 0 Å². The van der Waals surface area contributed by atoms with E-state index in [1.807, 2.05) is 19.1 Å². The molecule has 0 bridgehead atoms. The van der Waals surface area contributed by atoms with Crippen molar-refractivity contribution in [2.75, 3.05) is 36.9 Å². The van der Waals surface area contributed by atoms with Crippen LogP contribution in [0.2, 0.25) is 0 Å². The first-order valence-corrected chi connectivity index (χ1v) is 7.13. The number of piperidine rings is 1. The van der Waals surface area contributed by atoms with Crippen molar-refractivity contribution in [3.63, 3.8) is 0 Å². The lowest BCUT2D eigenvalue weighted by atomic mass is 10.1. The second kappa shape index (κ2) is 6.66. The molecule has 0 aromatic heterocycles. The highest BCUT2D eigenvalue weighted by Gasteiger charge is 2.20. The third-order valence-corrected chi connectivity index (χ3v) is 3.44. The molecule has 0 spiro atoms. The average Bonchev–Trinajstić information content (AvgIpc) is 2.42. The summed E-state index contributed by atoms with van der Waals surface area (Å²) in [5.74, 6) is 0.776. The van der Waals surface area contributed by atoms with E-state index >= 15 is 0 Å². The van der Waals surface area contributed by atoms with E-state index in [2.05, 4.69) is 17.9 Å². The molecule has 1 heterocycles. The lowest BCUT2D eigenvalue weighted by molar-refractivity contribution is 0.0526. The molecule has 1 aliphatic rings. The zero-order chi connectivity index (χ0) is 13.7. The van der Waals surface area contributed by atoms with E-state index in [9.17, 15) is 0 Å². The number of nitrogens with zero attached hydrogens (tertiary/aromatic N) is 1. The smallest absolute Gasteiger partial charge is 0.144 e. The Hall–Kier alpha value is -1.42. The van der Waals surface area contributed by atoms with Gasteiger partial charge in [0.1, 0.15) is 5.75 Å². The van der Waals surface area contributed by atoms with Gasteiger partial charge in [0.2, 0.25) is 0 Å². The van der Waals surface area contributed by atoms with Gasteiger partial charge in [-0.1, -0.05) is 0 Å². The standard InChI is InChI=1S/C15H24N2O2/c1-3-18-13-6-5-9-17(11-13)12-7-8-14(16)15(10-12)19-4-2/h7-8,10,13H,3-6,9,11,16H2,1-2H3. The van der Waals surface area contributed by atoms with Crippen molar-refractivity contribution in [1.82, 2.24) is 0 Å². The largest absolute Gasteiger partial charge is 0.492 e. The van der Waals surface area contributed by atoms with Crippen molar-refractivity contribution in [3.8, 4) is 5.75 Å². The third kappa shape index (κ3) is 3.53. The fourth-order valence-electron chi connectivity index (χ4n) is 2.54. The number of hydrogen-bond donors (Lipinski definition) is 1. The van der Waals surface area contributed by atoms with Crippen LogP contribution in [0.3, 0.4) is 0 Å². The summed E-state index contributed by atoms with van der Waals surface area (Å²) >= 11 is 0. The summed E-state index contributed by atoms with van der Waals surface area (Å²) in [5.41, 5.74) is 7.78. The van der Waals surface area contributed by atoms with Gasteiger partial charge >= 0.3 is 0 Å². The van der Waals surface area contributed by atoms with Gasteiger partial charge < -0.3 is 20.1 Å². The molecule has 2 rings (SSSR count). The van der Waals surface area contributed by atoms with Crippen LogP contribution in [0.4, 0.5) is 11.4 Å². The molecule has 1 aromatic rings. The molecule has 4 nitrogen and oxygen atoms in total. The molecular weight excluding hydrogens is 240 g/mol. The van der Waals surface area contributed by atoms with E-state index < -0.39 is 0 Å². The van der Waals surface area contributed by atoms with Crippen LogP contribution in [0.1, 0.15) is 26.7 Å². The summed E-state index contributed by atoms with van der Waals surface area (Å²) < 4.78 is 11.3. The molecule has 2 N–H and O–H groups in total. The first-order valence-electron chi connectivity index (χ1n) is 7.13. The summed E-state index contributed by atoms with van der Waals surface area (Å²) in [5, 5.41) is 0. The number of benzene rings is 1. The lowest BCUT2D eigenvalue weighted by Gasteiger charge is -2.34. The minimum absolute atomic E-state index is 0.340. The van der Waals surface area contributed by atoms with E-state index in [0.29, 0.717) is 18.4 Å². The Morgan fingerprint density at radius 1 is 1.32 bits per heavy atom. The Morgan fingerprint density at radius 2 is 2.16 bits per heavy atom. The van der Waals surface area contributed by atoms with E-state index in [0.717, 1.165) is 31.9 Å². The fraction of sp³-hybridized carbons (Fsp3) is 0.600. The molecule has 0 aliphatic carbocycles. The van der Waals surface area contributed by atoms with Crippen LogP contribution in [0.15, 0.2) is 18.2 Å². The Balaban J connectivity index is 2.10. The topological polar surface area (TPSA) is 47.7 Å². The van der Waals surface area contributed by atoms with Crippen molar-refractivity contribution in [3.05, 3.63) is 18.2 Å². The molecule has 19 heavy (non-hydrogen) atoms. The Bertz CT molecular complexity index is 407. The van der Waals surface area contributed by atoms with Gasteiger partial charge in [0.05, 0.1) is 18.4 Å². The number of anilines is 2. The zero-order valence-electron chi connectivity index (χ0n) is 11.9. The summed E-state index contributed by atoms with van der Waals surface area (Å²) in [6.45, 7) is 7.45. The number of nitrogens with two attached hydrogens (primary N) is 1. The molecule has 1 aliphatic heterocycles. The summed E-state index contributed by atoms with van der Waals surface area (Å²) in [6, 6.07) is 6.02. The van der Waals surface area contributed by atoms with Crippen molar-refractivity contribution in [1.29, 1.82) is 0 Å². The first kappa shape index (κ1) is 14.0. The zero-order valence-corrected chi connectivity index (χ0v) is 11.9. The number of ether oxygens (including phenoxy) is 2. The molecule has 4 heteroatoms. The number of hydrogen-bond acceptors (Lipinski definition) is 4. The number of rotatable bonds is 5. The van der Waals surface area contributed by atoms with Crippen LogP contribution in [0, 0.1) is 0 Å². The Morgan fingerprint density at radius 3 is 2.89 bits per heavy atom. The fourth-order valence-corrected chi connectivity index (χ4v) is 2.54. The van der Waals surface area contributed by atoms with Crippen LogP contribution in [-0.2, 0) is 4.74 Å². The molecular formula is C15H24N2O2. The maximum Gasteiger partial charge on any atom is 0.144 e. The number of nitrogen functional groups attached to an aromatic ring is 1. The van der Waals surface area contributed by atoms with E-state index in [1.54, 1.807) is 0 Å². The minimum atomic E-state index is 0.340. The molecule has 1 atom stereocenters. The second-order valence-corrected chi connectivity index (χ2v) is 4.82. The average molecular weight is 264 g/mol. The maximum atomic E-state index is 5.91. The molecule has 1 fully saturated rings. The van der Waals surface area contributed by atoms with E-state index in [-0.39, 0.29) is 0 Å². The van der Waals surface area contributed by atoms with Crippen molar-refractivity contribution < 1.29 is 9.47 Å². The van der Waals surface area contributed by atoms with E-state index in [4.69, 9.17) is 15.2 Å². The molecule has 106 valence electrons. The van der Waals surface area contributed by atoms with Crippen LogP contribution >= 0.6 is 0 Å². The second-order valence-electron chi connectivity index (χ2n) is 4.82. The van der Waals surface area contributed by atoms with Crippen molar-refractivity contribution >= 4 is 11.4 Å². The molecule has 1 unspecified atom stereocenters. The third-order valence-electron chi connectivity index (χ3n) is 3.44. The Labute approximate surface area is 115 Å². The highest BCUT2D eigenvalue weighted by atomic mass is 16.5. The van der Waals surface area contributed by atoms with Crippen LogP contribution < -0.4 is 15.4 Å². The van der Waals surface area contributed by atoms with E-state index in [1.165, 1.54) is 12.1 Å². The highest BCUT2D eigenvalue weighted by molar-refractivity contribution is 5.62.